The van der Waals surface area contributed by atoms with Gasteiger partial charge in [-0.15, -0.1) is 0 Å². The van der Waals surface area contributed by atoms with Gasteiger partial charge in [0.25, 0.3) is 0 Å². The van der Waals surface area contributed by atoms with Gasteiger partial charge in [-0.05, 0) is 91.8 Å². The molecule has 4 nitrogen and oxygen atoms in total. The summed E-state index contributed by atoms with van der Waals surface area (Å²) in [7, 11) is 0. The van der Waals surface area contributed by atoms with Crippen molar-refractivity contribution < 1.29 is 4.74 Å². The molecule has 0 spiro atoms. The Bertz CT molecular complexity index is 986. The quantitative estimate of drug-likeness (QED) is 0.305. The fraction of sp³-hybridized carbons (Fsp3) is 0.0909. The third-order valence-corrected chi connectivity index (χ3v) is 4.55. The van der Waals surface area contributed by atoms with Gasteiger partial charge in [0.15, 0.2) is 5.11 Å². The van der Waals surface area contributed by atoms with E-state index in [0.717, 1.165) is 33.3 Å². The minimum Gasteiger partial charge on any atom is -0.457 e. The molecular formula is C22H20ClN3OS. The Kier molecular flexibility index (Phi) is 6.63. The molecule has 0 aliphatic carbocycles. The maximum atomic E-state index is 6.04. The highest BCUT2D eigenvalue weighted by Crippen LogP contribution is 2.25. The maximum Gasteiger partial charge on any atom is 0.191 e. The van der Waals surface area contributed by atoms with E-state index < -0.39 is 0 Å². The molecule has 2 N–H and O–H groups in total. The Labute approximate surface area is 175 Å². The first-order valence-electron chi connectivity index (χ1n) is 8.70. The van der Waals surface area contributed by atoms with Gasteiger partial charge >= 0.3 is 0 Å². The molecule has 0 aromatic heterocycles. The molecule has 0 amide bonds. The number of hydrogen-bond donors (Lipinski definition) is 2. The minimum atomic E-state index is 0.429. The number of ether oxygens (including phenoxy) is 1. The number of hydrogen-bond acceptors (Lipinski definition) is 3. The molecule has 28 heavy (non-hydrogen) atoms. The van der Waals surface area contributed by atoms with Gasteiger partial charge in [-0.3, -0.25) is 5.43 Å². The van der Waals surface area contributed by atoms with Crippen molar-refractivity contribution in [3.8, 4) is 11.5 Å². The summed E-state index contributed by atoms with van der Waals surface area (Å²) in [5.74, 6) is 1.49. The molecule has 0 unspecified atom stereocenters. The van der Waals surface area contributed by atoms with Crippen LogP contribution in [-0.2, 0) is 0 Å². The first kappa shape index (κ1) is 19.9. The number of rotatable bonds is 5. The molecule has 0 saturated heterocycles. The number of benzene rings is 3. The average molecular weight is 410 g/mol. The third kappa shape index (κ3) is 5.81. The summed E-state index contributed by atoms with van der Waals surface area (Å²) >= 11 is 11.3. The van der Waals surface area contributed by atoms with Crippen LogP contribution in [0, 0.1) is 13.8 Å². The Morgan fingerprint density at radius 2 is 1.64 bits per heavy atom. The monoisotopic (exact) mass is 409 g/mol. The summed E-state index contributed by atoms with van der Waals surface area (Å²) in [6.45, 7) is 3.98. The number of nitrogens with zero attached hydrogens (tertiary/aromatic N) is 1. The van der Waals surface area contributed by atoms with Crippen molar-refractivity contribution >= 4 is 40.8 Å². The van der Waals surface area contributed by atoms with Gasteiger partial charge in [0.2, 0.25) is 0 Å². The van der Waals surface area contributed by atoms with E-state index in [4.69, 9.17) is 28.6 Å². The van der Waals surface area contributed by atoms with E-state index >= 15 is 0 Å². The van der Waals surface area contributed by atoms with E-state index in [0.29, 0.717) is 5.11 Å². The van der Waals surface area contributed by atoms with E-state index in [-0.39, 0.29) is 0 Å². The highest BCUT2D eigenvalue weighted by Gasteiger charge is 2.01. The van der Waals surface area contributed by atoms with Crippen LogP contribution in [0.2, 0.25) is 5.02 Å². The molecule has 3 aromatic carbocycles. The number of hydrazone groups is 1. The SMILES string of the molecule is Cc1ccc(NC(=S)N/N=C/c2ccc(Oc3ccc(Cl)c(C)c3)cc2)cc1. The second-order valence-corrected chi connectivity index (χ2v) is 7.09. The lowest BCUT2D eigenvalue weighted by Gasteiger charge is -2.08. The molecule has 142 valence electrons. The van der Waals surface area contributed by atoms with Crippen LogP contribution in [0.4, 0.5) is 5.69 Å². The van der Waals surface area contributed by atoms with Crippen molar-refractivity contribution in [1.29, 1.82) is 0 Å². The van der Waals surface area contributed by atoms with E-state index in [1.54, 1.807) is 6.21 Å². The number of nitrogens with one attached hydrogen (secondary N) is 2. The predicted octanol–water partition coefficient (Wildman–Crippen LogP) is 6.07. The van der Waals surface area contributed by atoms with Crippen molar-refractivity contribution in [3.63, 3.8) is 0 Å². The summed E-state index contributed by atoms with van der Waals surface area (Å²) in [5, 5.41) is 8.39. The molecule has 0 atom stereocenters. The molecule has 3 rings (SSSR count). The van der Waals surface area contributed by atoms with E-state index in [1.807, 2.05) is 80.6 Å². The second kappa shape index (κ2) is 9.35. The number of aryl methyl sites for hydroxylation is 2. The van der Waals surface area contributed by atoms with Gasteiger partial charge in [0, 0.05) is 10.7 Å². The van der Waals surface area contributed by atoms with Gasteiger partial charge in [-0.1, -0.05) is 29.3 Å². The van der Waals surface area contributed by atoms with Crippen molar-refractivity contribution in [2.75, 3.05) is 5.32 Å². The highest BCUT2D eigenvalue weighted by atomic mass is 35.5. The van der Waals surface area contributed by atoms with Crippen LogP contribution in [0.5, 0.6) is 11.5 Å². The fourth-order valence-electron chi connectivity index (χ4n) is 2.40. The summed E-state index contributed by atoms with van der Waals surface area (Å²) in [4.78, 5) is 0. The lowest BCUT2D eigenvalue weighted by Crippen LogP contribution is -2.23. The van der Waals surface area contributed by atoms with Crippen LogP contribution in [0.15, 0.2) is 71.8 Å². The van der Waals surface area contributed by atoms with Crippen molar-refractivity contribution in [3.05, 3.63) is 88.4 Å². The Balaban J connectivity index is 1.52. The van der Waals surface area contributed by atoms with Gasteiger partial charge in [0.1, 0.15) is 11.5 Å². The normalized spacial score (nSPS) is 10.7. The standard InChI is InChI=1S/C22H20ClN3OS/c1-15-3-7-18(8-4-15)25-22(28)26-24-14-17-5-9-19(10-6-17)27-20-11-12-21(23)16(2)13-20/h3-14H,1-2H3,(H2,25,26,28)/b24-14+. The molecule has 0 aliphatic rings. The molecule has 0 saturated carbocycles. The summed E-state index contributed by atoms with van der Waals surface area (Å²) < 4.78 is 5.84. The van der Waals surface area contributed by atoms with Crippen LogP contribution in [0.25, 0.3) is 0 Å². The Morgan fingerprint density at radius 1 is 0.964 bits per heavy atom. The maximum absolute atomic E-state index is 6.04. The minimum absolute atomic E-state index is 0.429. The van der Waals surface area contributed by atoms with Crippen molar-refractivity contribution in [2.45, 2.75) is 13.8 Å². The largest absolute Gasteiger partial charge is 0.457 e. The number of halogens is 1. The zero-order chi connectivity index (χ0) is 19.9. The Morgan fingerprint density at radius 3 is 2.32 bits per heavy atom. The lowest BCUT2D eigenvalue weighted by molar-refractivity contribution is 0.482. The van der Waals surface area contributed by atoms with Crippen LogP contribution in [0.3, 0.4) is 0 Å². The van der Waals surface area contributed by atoms with Crippen LogP contribution in [0.1, 0.15) is 16.7 Å². The topological polar surface area (TPSA) is 45.7 Å². The van der Waals surface area contributed by atoms with E-state index in [2.05, 4.69) is 15.8 Å². The van der Waals surface area contributed by atoms with E-state index in [9.17, 15) is 0 Å². The lowest BCUT2D eigenvalue weighted by atomic mass is 10.2. The average Bonchev–Trinajstić information content (AvgIpc) is 2.68. The van der Waals surface area contributed by atoms with Crippen molar-refractivity contribution in [1.82, 2.24) is 5.43 Å². The van der Waals surface area contributed by atoms with Crippen LogP contribution >= 0.6 is 23.8 Å². The first-order chi connectivity index (χ1) is 13.5. The molecule has 0 heterocycles. The third-order valence-electron chi connectivity index (χ3n) is 3.93. The molecular weight excluding hydrogens is 390 g/mol. The molecule has 3 aromatic rings. The van der Waals surface area contributed by atoms with Crippen LogP contribution < -0.4 is 15.5 Å². The van der Waals surface area contributed by atoms with E-state index in [1.165, 1.54) is 5.56 Å². The highest BCUT2D eigenvalue weighted by molar-refractivity contribution is 7.80. The number of anilines is 1. The number of thiocarbonyl (C=S) groups is 1. The molecule has 0 aliphatic heterocycles. The molecule has 0 fully saturated rings. The van der Waals surface area contributed by atoms with Gasteiger partial charge in [0.05, 0.1) is 6.21 Å². The van der Waals surface area contributed by atoms with Gasteiger partial charge in [-0.25, -0.2) is 0 Å². The summed E-state index contributed by atoms with van der Waals surface area (Å²) in [6.07, 6.45) is 1.69. The fourth-order valence-corrected chi connectivity index (χ4v) is 2.69. The van der Waals surface area contributed by atoms with Gasteiger partial charge < -0.3 is 10.1 Å². The molecule has 6 heteroatoms. The summed E-state index contributed by atoms with van der Waals surface area (Å²) in [6, 6.07) is 21.1. The molecule has 0 radical (unpaired) electrons. The zero-order valence-electron chi connectivity index (χ0n) is 15.6. The zero-order valence-corrected chi connectivity index (χ0v) is 17.1. The smallest absolute Gasteiger partial charge is 0.191 e. The second-order valence-electron chi connectivity index (χ2n) is 6.27. The summed E-state index contributed by atoms with van der Waals surface area (Å²) in [5.41, 5.74) is 6.81. The van der Waals surface area contributed by atoms with Crippen molar-refractivity contribution in [2.24, 2.45) is 5.10 Å². The Hall–Kier alpha value is -2.89. The predicted molar refractivity (Wildman–Crippen MR) is 121 cm³/mol. The molecule has 0 bridgehead atoms. The van der Waals surface area contributed by atoms with Crippen LogP contribution in [-0.4, -0.2) is 11.3 Å². The van der Waals surface area contributed by atoms with Gasteiger partial charge in [-0.2, -0.15) is 5.10 Å². The first-order valence-corrected chi connectivity index (χ1v) is 9.49.